The summed E-state index contributed by atoms with van der Waals surface area (Å²) in [7, 11) is 0. The highest BCUT2D eigenvalue weighted by Gasteiger charge is 2.24. The van der Waals surface area contributed by atoms with E-state index in [0.717, 1.165) is 16.9 Å². The predicted octanol–water partition coefficient (Wildman–Crippen LogP) is 6.12. The van der Waals surface area contributed by atoms with Crippen molar-refractivity contribution in [2.24, 2.45) is 4.99 Å². The molecule has 4 nitrogen and oxygen atoms in total. The lowest BCUT2D eigenvalue weighted by molar-refractivity contribution is -0.115. The molecule has 1 heterocycles. The molecule has 0 bridgehead atoms. The molecule has 1 amide bonds. The van der Waals surface area contributed by atoms with Crippen LogP contribution in [-0.4, -0.2) is 11.1 Å². The van der Waals surface area contributed by atoms with Gasteiger partial charge >= 0.3 is 0 Å². The summed E-state index contributed by atoms with van der Waals surface area (Å²) >= 11 is 7.43. The first-order valence-electron chi connectivity index (χ1n) is 9.39. The van der Waals surface area contributed by atoms with E-state index in [4.69, 9.17) is 16.3 Å². The molecule has 0 saturated carbocycles. The van der Waals surface area contributed by atoms with Crippen molar-refractivity contribution in [2.45, 2.75) is 13.5 Å². The molecule has 1 N–H and O–H groups in total. The van der Waals surface area contributed by atoms with E-state index in [1.54, 1.807) is 12.1 Å². The molecule has 0 aromatic heterocycles. The summed E-state index contributed by atoms with van der Waals surface area (Å²) < 4.78 is 5.84. The van der Waals surface area contributed by atoms with Crippen LogP contribution in [0.1, 0.15) is 16.7 Å². The van der Waals surface area contributed by atoms with Gasteiger partial charge in [0.1, 0.15) is 12.4 Å². The van der Waals surface area contributed by atoms with Crippen LogP contribution in [0.15, 0.2) is 82.7 Å². The Hall–Kier alpha value is -3.02. The average Bonchev–Trinajstić information content (AvgIpc) is 3.09. The molecule has 3 aromatic rings. The lowest BCUT2D eigenvalue weighted by Gasteiger charge is -2.07. The highest BCUT2D eigenvalue weighted by molar-refractivity contribution is 8.18. The first kappa shape index (κ1) is 20.3. The maximum absolute atomic E-state index is 12.3. The number of para-hydroxylation sites is 1. The fourth-order valence-electron chi connectivity index (χ4n) is 2.79. The first-order valence-corrected chi connectivity index (χ1v) is 10.6. The number of amidine groups is 1. The predicted molar refractivity (Wildman–Crippen MR) is 124 cm³/mol. The number of hydrogen-bond acceptors (Lipinski definition) is 4. The highest BCUT2D eigenvalue weighted by atomic mass is 35.5. The number of halogens is 1. The number of carbonyl (C=O) groups excluding carboxylic acids is 1. The van der Waals surface area contributed by atoms with E-state index in [0.29, 0.717) is 27.4 Å². The number of amides is 1. The molecule has 4 rings (SSSR count). The number of nitrogens with zero attached hydrogens (tertiary/aromatic N) is 1. The summed E-state index contributed by atoms with van der Waals surface area (Å²) in [6, 6.07) is 23.2. The Morgan fingerprint density at radius 1 is 1.03 bits per heavy atom. The Morgan fingerprint density at radius 2 is 1.77 bits per heavy atom. The third-order valence-corrected chi connectivity index (χ3v) is 5.66. The van der Waals surface area contributed by atoms with E-state index in [-0.39, 0.29) is 5.91 Å². The zero-order chi connectivity index (χ0) is 20.9. The number of aliphatic imine (C=N–C) groups is 1. The lowest BCUT2D eigenvalue weighted by atomic mass is 10.1. The van der Waals surface area contributed by atoms with Gasteiger partial charge < -0.3 is 10.1 Å². The normalized spacial score (nSPS) is 16.1. The van der Waals surface area contributed by atoms with Crippen LogP contribution >= 0.6 is 23.4 Å². The Morgan fingerprint density at radius 3 is 2.50 bits per heavy atom. The molecule has 0 spiro atoms. The number of hydrogen-bond donors (Lipinski definition) is 1. The van der Waals surface area contributed by atoms with Gasteiger partial charge in [0.05, 0.1) is 15.6 Å². The second-order valence-electron chi connectivity index (χ2n) is 6.78. The number of aryl methyl sites for hydroxylation is 1. The maximum Gasteiger partial charge on any atom is 0.264 e. The van der Waals surface area contributed by atoms with Crippen LogP contribution in [0.4, 0.5) is 5.69 Å². The molecule has 6 heteroatoms. The van der Waals surface area contributed by atoms with Crippen molar-refractivity contribution in [3.05, 3.63) is 99.4 Å². The number of carbonyl (C=O) groups is 1. The average molecular weight is 435 g/mol. The zero-order valence-electron chi connectivity index (χ0n) is 16.3. The second-order valence-corrected chi connectivity index (χ2v) is 8.21. The van der Waals surface area contributed by atoms with Crippen molar-refractivity contribution in [1.29, 1.82) is 0 Å². The van der Waals surface area contributed by atoms with Crippen LogP contribution in [0.3, 0.4) is 0 Å². The molecule has 0 aliphatic carbocycles. The van der Waals surface area contributed by atoms with Crippen LogP contribution < -0.4 is 10.1 Å². The molecular formula is C24H19ClN2O2S. The van der Waals surface area contributed by atoms with Crippen molar-refractivity contribution in [3.63, 3.8) is 0 Å². The van der Waals surface area contributed by atoms with Gasteiger partial charge in [-0.05, 0) is 60.2 Å². The summed E-state index contributed by atoms with van der Waals surface area (Å²) in [4.78, 5) is 17.3. The molecule has 1 saturated heterocycles. The first-order chi connectivity index (χ1) is 14.6. The lowest BCUT2D eigenvalue weighted by Crippen LogP contribution is -2.19. The third-order valence-electron chi connectivity index (χ3n) is 4.43. The highest BCUT2D eigenvalue weighted by Crippen LogP contribution is 2.31. The van der Waals surface area contributed by atoms with E-state index in [1.807, 2.05) is 42.5 Å². The number of benzene rings is 3. The van der Waals surface area contributed by atoms with E-state index in [9.17, 15) is 4.79 Å². The van der Waals surface area contributed by atoms with E-state index >= 15 is 0 Å². The topological polar surface area (TPSA) is 50.7 Å². The zero-order valence-corrected chi connectivity index (χ0v) is 17.8. The van der Waals surface area contributed by atoms with E-state index in [1.165, 1.54) is 17.3 Å². The van der Waals surface area contributed by atoms with Crippen LogP contribution in [0.2, 0.25) is 5.02 Å². The molecule has 30 heavy (non-hydrogen) atoms. The van der Waals surface area contributed by atoms with Crippen molar-refractivity contribution in [1.82, 2.24) is 5.32 Å². The van der Waals surface area contributed by atoms with E-state index < -0.39 is 0 Å². The second kappa shape index (κ2) is 9.20. The number of ether oxygens (including phenoxy) is 1. The molecule has 3 aromatic carbocycles. The summed E-state index contributed by atoms with van der Waals surface area (Å²) in [5.41, 5.74) is 3.88. The van der Waals surface area contributed by atoms with Gasteiger partial charge in [0.25, 0.3) is 5.91 Å². The Balaban J connectivity index is 1.41. The molecule has 150 valence electrons. The summed E-state index contributed by atoms with van der Waals surface area (Å²) in [6.07, 6.45) is 1.83. The SMILES string of the molecule is Cc1ccc(COc2ccc(/C=C3\SC(=Nc4ccccc4Cl)NC3=O)cc2)cc1. The molecule has 0 atom stereocenters. The number of nitrogens with one attached hydrogen (secondary N) is 1. The van der Waals surface area contributed by atoms with Gasteiger partial charge in [-0.15, -0.1) is 0 Å². The van der Waals surface area contributed by atoms with Crippen LogP contribution in [-0.2, 0) is 11.4 Å². The van der Waals surface area contributed by atoms with Gasteiger partial charge in [-0.3, -0.25) is 4.79 Å². The van der Waals surface area contributed by atoms with Crippen molar-refractivity contribution in [2.75, 3.05) is 0 Å². The molecule has 1 fully saturated rings. The molecular weight excluding hydrogens is 416 g/mol. The number of thioether (sulfide) groups is 1. The van der Waals surface area contributed by atoms with Gasteiger partial charge in [-0.25, -0.2) is 4.99 Å². The Kier molecular flexibility index (Phi) is 6.21. The molecule has 0 unspecified atom stereocenters. The van der Waals surface area contributed by atoms with Gasteiger partial charge in [0.15, 0.2) is 5.17 Å². The third kappa shape index (κ3) is 5.12. The standard InChI is InChI=1S/C24H19ClN2O2S/c1-16-6-8-18(9-7-16)15-29-19-12-10-17(11-13-19)14-22-23(28)27-24(30-22)26-21-5-3-2-4-20(21)25/h2-14H,15H2,1H3,(H,26,27,28)/b22-14-. The van der Waals surface area contributed by atoms with Gasteiger partial charge in [-0.2, -0.15) is 0 Å². The molecule has 0 radical (unpaired) electrons. The maximum atomic E-state index is 12.3. The minimum Gasteiger partial charge on any atom is -0.489 e. The number of rotatable bonds is 5. The quantitative estimate of drug-likeness (QED) is 0.492. The smallest absolute Gasteiger partial charge is 0.264 e. The van der Waals surface area contributed by atoms with Gasteiger partial charge in [0.2, 0.25) is 0 Å². The molecule has 1 aliphatic rings. The molecule has 1 aliphatic heterocycles. The Bertz CT molecular complexity index is 1120. The Labute approximate surface area is 184 Å². The fraction of sp³-hybridized carbons (Fsp3) is 0.0833. The van der Waals surface area contributed by atoms with Crippen molar-refractivity contribution >= 4 is 46.2 Å². The minimum atomic E-state index is -0.175. The summed E-state index contributed by atoms with van der Waals surface area (Å²) in [6.45, 7) is 2.58. The monoisotopic (exact) mass is 434 g/mol. The van der Waals surface area contributed by atoms with Crippen molar-refractivity contribution in [3.8, 4) is 5.75 Å². The van der Waals surface area contributed by atoms with Crippen LogP contribution in [0.25, 0.3) is 6.08 Å². The van der Waals surface area contributed by atoms with Crippen LogP contribution in [0.5, 0.6) is 5.75 Å². The largest absolute Gasteiger partial charge is 0.489 e. The van der Waals surface area contributed by atoms with E-state index in [2.05, 4.69) is 41.5 Å². The van der Waals surface area contributed by atoms with Gasteiger partial charge in [0, 0.05) is 0 Å². The minimum absolute atomic E-state index is 0.175. The summed E-state index contributed by atoms with van der Waals surface area (Å²) in [5.74, 6) is 0.604. The van der Waals surface area contributed by atoms with Gasteiger partial charge in [-0.1, -0.05) is 65.7 Å². The van der Waals surface area contributed by atoms with Crippen molar-refractivity contribution < 1.29 is 9.53 Å². The van der Waals surface area contributed by atoms with Crippen LogP contribution in [0, 0.1) is 6.92 Å². The fourth-order valence-corrected chi connectivity index (χ4v) is 3.81. The summed E-state index contributed by atoms with van der Waals surface area (Å²) in [5, 5.41) is 3.83.